The van der Waals surface area contributed by atoms with Crippen LogP contribution >= 0.6 is 0 Å². The zero-order valence-corrected chi connectivity index (χ0v) is 17.4. The van der Waals surface area contributed by atoms with Gasteiger partial charge in [0.05, 0.1) is 0 Å². The van der Waals surface area contributed by atoms with E-state index in [-0.39, 0.29) is 0 Å². The lowest BCUT2D eigenvalue weighted by atomic mass is 10.1. The van der Waals surface area contributed by atoms with Crippen molar-refractivity contribution in [1.82, 2.24) is 0 Å². The quantitative estimate of drug-likeness (QED) is 0.275. The van der Waals surface area contributed by atoms with Gasteiger partial charge in [-0.1, -0.05) is 122 Å². The number of rotatable bonds is 9. The average Bonchev–Trinajstić information content (AvgIpc) is 2.74. The van der Waals surface area contributed by atoms with Gasteiger partial charge in [-0.05, 0) is 28.4 Å². The summed E-state index contributed by atoms with van der Waals surface area (Å²) in [6, 6.07) is 33.2. The zero-order valence-electron chi connectivity index (χ0n) is 16.4. The van der Waals surface area contributed by atoms with Gasteiger partial charge in [-0.15, -0.1) is 6.58 Å². The second kappa shape index (κ2) is 9.52. The average molecular weight is 371 g/mol. The van der Waals surface area contributed by atoms with Gasteiger partial charge in [0.15, 0.2) is 8.07 Å². The summed E-state index contributed by atoms with van der Waals surface area (Å²) in [5.74, 6) is 0. The predicted molar refractivity (Wildman–Crippen MR) is 122 cm³/mol. The Balaban J connectivity index is 2.15. The van der Waals surface area contributed by atoms with Crippen molar-refractivity contribution in [1.29, 1.82) is 0 Å². The first-order valence-electron chi connectivity index (χ1n) is 10.1. The van der Waals surface area contributed by atoms with Crippen molar-refractivity contribution in [2.24, 2.45) is 0 Å². The van der Waals surface area contributed by atoms with Gasteiger partial charge in [-0.3, -0.25) is 0 Å². The summed E-state index contributed by atoms with van der Waals surface area (Å²) >= 11 is 0. The molecule has 0 spiro atoms. The minimum absolute atomic E-state index is 1.10. The molecule has 0 radical (unpaired) electrons. The van der Waals surface area contributed by atoms with Crippen molar-refractivity contribution in [2.45, 2.75) is 39.0 Å². The highest BCUT2D eigenvalue weighted by Gasteiger charge is 2.41. The van der Waals surface area contributed by atoms with Crippen LogP contribution in [-0.2, 0) is 0 Å². The normalized spacial score (nSPS) is 11.3. The zero-order chi connectivity index (χ0) is 19.0. The summed E-state index contributed by atoms with van der Waals surface area (Å²) in [7, 11) is -2.28. The van der Waals surface area contributed by atoms with Gasteiger partial charge in [-0.2, -0.15) is 0 Å². The molecule has 138 valence electrons. The first-order chi connectivity index (χ1) is 13.3. The second-order valence-electron chi connectivity index (χ2n) is 7.26. The third kappa shape index (κ3) is 4.14. The Morgan fingerprint density at radius 3 is 1.41 bits per heavy atom. The molecule has 0 amide bonds. The predicted octanol–water partition coefficient (Wildman–Crippen LogP) is 5.22. The van der Waals surface area contributed by atoms with Crippen molar-refractivity contribution in [3.05, 3.63) is 103 Å². The van der Waals surface area contributed by atoms with Crippen LogP contribution in [0.2, 0.25) is 0 Å². The molecule has 0 atom stereocenters. The van der Waals surface area contributed by atoms with Crippen LogP contribution in [0.4, 0.5) is 0 Å². The number of hydrogen-bond acceptors (Lipinski definition) is 0. The Bertz CT molecular complexity index is 725. The summed E-state index contributed by atoms with van der Waals surface area (Å²) in [5, 5.41) is 5.72. The molecule has 3 rings (SSSR count). The minimum atomic E-state index is -2.28. The molecule has 27 heavy (non-hydrogen) atoms. The molecule has 3 aromatic carbocycles. The highest BCUT2D eigenvalue weighted by molar-refractivity contribution is 7.16. The van der Waals surface area contributed by atoms with Crippen LogP contribution < -0.4 is 15.6 Å². The molecule has 3 aromatic rings. The van der Waals surface area contributed by atoms with E-state index >= 15 is 0 Å². The lowest BCUT2D eigenvalue weighted by molar-refractivity contribution is 0.671. The third-order valence-corrected chi connectivity index (χ3v) is 10.4. The Morgan fingerprint density at radius 2 is 1.04 bits per heavy atom. The molecule has 1 heteroatoms. The number of allylic oxidation sites excluding steroid dienone is 1. The molecule has 0 fully saturated rings. The fourth-order valence-corrected chi connectivity index (χ4v) is 8.98. The summed E-state index contributed by atoms with van der Waals surface area (Å²) in [4.78, 5) is 0. The Kier molecular flexibility index (Phi) is 6.84. The summed E-state index contributed by atoms with van der Waals surface area (Å²) in [5.41, 5.74) is 0. The van der Waals surface area contributed by atoms with E-state index in [0.29, 0.717) is 0 Å². The molecule has 0 nitrogen and oxygen atoms in total. The molecular formula is C26H30Si. The molecule has 0 heterocycles. The first-order valence-corrected chi connectivity index (χ1v) is 12.1. The maximum absolute atomic E-state index is 4.72. The van der Waals surface area contributed by atoms with Gasteiger partial charge in [0.25, 0.3) is 0 Å². The Morgan fingerprint density at radius 1 is 0.630 bits per heavy atom. The molecule has 0 aliphatic carbocycles. The van der Waals surface area contributed by atoms with Crippen LogP contribution in [0.15, 0.2) is 103 Å². The van der Waals surface area contributed by atoms with E-state index < -0.39 is 8.07 Å². The lowest BCUT2D eigenvalue weighted by Gasteiger charge is -2.36. The molecule has 0 aromatic heterocycles. The number of hydrogen-bond donors (Lipinski definition) is 0. The van der Waals surface area contributed by atoms with Crippen LogP contribution in [0.3, 0.4) is 0 Å². The maximum atomic E-state index is 4.72. The van der Waals surface area contributed by atoms with Gasteiger partial charge in [-0.25, -0.2) is 0 Å². The number of unbranched alkanes of at least 4 members (excludes halogenated alkanes) is 3. The van der Waals surface area contributed by atoms with Gasteiger partial charge in [0.2, 0.25) is 0 Å². The first kappa shape index (κ1) is 19.4. The van der Waals surface area contributed by atoms with Crippen LogP contribution in [0.5, 0.6) is 0 Å². The van der Waals surface area contributed by atoms with E-state index in [0.717, 1.165) is 6.42 Å². The van der Waals surface area contributed by atoms with E-state index in [4.69, 9.17) is 6.58 Å². The molecule has 0 N–H and O–H groups in total. The van der Waals surface area contributed by atoms with Crippen LogP contribution in [-0.4, -0.2) is 8.07 Å². The fraction of sp³-hybridized carbons (Fsp3) is 0.231. The van der Waals surface area contributed by atoms with Crippen LogP contribution in [0, 0.1) is 0 Å². The lowest BCUT2D eigenvalue weighted by Crippen LogP contribution is -2.68. The molecule has 0 unspecified atom stereocenters. The van der Waals surface area contributed by atoms with Gasteiger partial charge in [0.1, 0.15) is 0 Å². The smallest absolute Gasteiger partial charge is 0.103 e. The van der Waals surface area contributed by atoms with Crippen molar-refractivity contribution in [2.75, 3.05) is 0 Å². The summed E-state index contributed by atoms with van der Waals surface area (Å²) < 4.78 is 0. The molecule has 0 aliphatic heterocycles. The van der Waals surface area contributed by atoms with Gasteiger partial charge < -0.3 is 0 Å². The minimum Gasteiger partial charge on any atom is -0.103 e. The van der Waals surface area contributed by atoms with Crippen molar-refractivity contribution < 1.29 is 0 Å². The highest BCUT2D eigenvalue weighted by atomic mass is 28.3. The van der Waals surface area contributed by atoms with Crippen molar-refractivity contribution in [3.63, 3.8) is 0 Å². The molecule has 0 saturated carbocycles. The van der Waals surface area contributed by atoms with Crippen LogP contribution in [0.1, 0.15) is 39.0 Å². The standard InChI is InChI=1S/C26H30Si/c1-3-4-5-9-16-23(2)27(24-17-10-6-11-18-24,25-19-12-7-13-20-25)26-21-14-8-15-22-26/h6-8,10-15,17-22H,2-5,9,16H2,1H3. The number of benzene rings is 3. The maximum Gasteiger partial charge on any atom is 0.175 e. The Hall–Kier alpha value is -2.38. The monoisotopic (exact) mass is 370 g/mol. The van der Waals surface area contributed by atoms with E-state index in [1.165, 1.54) is 46.4 Å². The molecule has 0 bridgehead atoms. The summed E-state index contributed by atoms with van der Waals surface area (Å²) in [6.45, 7) is 6.99. The topological polar surface area (TPSA) is 0 Å². The van der Waals surface area contributed by atoms with E-state index in [1.54, 1.807) is 0 Å². The van der Waals surface area contributed by atoms with Gasteiger partial charge in [0, 0.05) is 0 Å². The fourth-order valence-electron chi connectivity index (χ4n) is 4.13. The van der Waals surface area contributed by atoms with Crippen molar-refractivity contribution in [3.8, 4) is 0 Å². The van der Waals surface area contributed by atoms with E-state index in [1.807, 2.05) is 0 Å². The van der Waals surface area contributed by atoms with Gasteiger partial charge >= 0.3 is 0 Å². The SMILES string of the molecule is C=C(CCCCCC)[Si](c1ccccc1)(c1ccccc1)c1ccccc1. The summed E-state index contributed by atoms with van der Waals surface area (Å²) in [6.07, 6.45) is 6.20. The molecule has 0 saturated heterocycles. The van der Waals surface area contributed by atoms with Crippen LogP contribution in [0.25, 0.3) is 0 Å². The Labute approximate surface area is 165 Å². The van der Waals surface area contributed by atoms with E-state index in [9.17, 15) is 0 Å². The molecular weight excluding hydrogens is 340 g/mol. The third-order valence-electron chi connectivity index (χ3n) is 5.48. The second-order valence-corrected chi connectivity index (χ2v) is 11.2. The van der Waals surface area contributed by atoms with E-state index in [2.05, 4.69) is 97.9 Å². The highest BCUT2D eigenvalue weighted by Crippen LogP contribution is 2.21. The van der Waals surface area contributed by atoms with Crippen molar-refractivity contribution >= 4 is 23.6 Å². The largest absolute Gasteiger partial charge is 0.175 e. The molecule has 0 aliphatic rings.